The molecule has 6 heteroatoms. The maximum atomic E-state index is 10.2. The van der Waals surface area contributed by atoms with Crippen molar-refractivity contribution in [1.29, 1.82) is 5.26 Å². The monoisotopic (exact) mass is 462 g/mol. The van der Waals surface area contributed by atoms with Gasteiger partial charge < -0.3 is 18.9 Å². The van der Waals surface area contributed by atoms with Crippen molar-refractivity contribution in [3.63, 3.8) is 0 Å². The van der Waals surface area contributed by atoms with Crippen LogP contribution in [0.5, 0.6) is 23.0 Å². The van der Waals surface area contributed by atoms with E-state index < -0.39 is 5.41 Å². The summed E-state index contributed by atoms with van der Waals surface area (Å²) in [5, 5.41) is 10.2. The quantitative estimate of drug-likeness (QED) is 0.535. The fourth-order valence-corrected chi connectivity index (χ4v) is 4.43. The Bertz CT molecular complexity index is 1110. The maximum absolute atomic E-state index is 10.2. The van der Waals surface area contributed by atoms with Crippen LogP contribution in [0.15, 0.2) is 30.3 Å². The van der Waals surface area contributed by atoms with Crippen LogP contribution in [0.1, 0.15) is 37.0 Å². The van der Waals surface area contributed by atoms with Crippen LogP contribution < -0.4 is 18.9 Å². The molecule has 0 aromatic heterocycles. The van der Waals surface area contributed by atoms with Crippen molar-refractivity contribution in [3.05, 3.63) is 47.0 Å². The highest BCUT2D eigenvalue weighted by atomic mass is 16.5. The van der Waals surface area contributed by atoms with Crippen LogP contribution in [-0.4, -0.2) is 46.4 Å². The third-order valence-electron chi connectivity index (χ3n) is 6.68. The van der Waals surface area contributed by atoms with Gasteiger partial charge in [0.05, 0.1) is 46.5 Å². The molecule has 0 aliphatic carbocycles. The number of methoxy groups -OCH3 is 4. The zero-order valence-corrected chi connectivity index (χ0v) is 21.0. The molecule has 2 aromatic carbocycles. The standard InChI is InChI=1S/C28H34N2O4/c1-20(2)28(19-29,23-9-10-24(31-3)27(17-23)34-6)12-7-8-13-30-14-11-21-15-25(32-4)26(33-5)16-22(21)18-30/h9-10,15-17,20H,11-14,18H2,1-6H3. The normalized spacial score (nSPS) is 14.8. The first-order valence-corrected chi connectivity index (χ1v) is 11.5. The van der Waals surface area contributed by atoms with Gasteiger partial charge in [-0.3, -0.25) is 4.90 Å². The number of fused-ring (bicyclic) bond motifs is 1. The van der Waals surface area contributed by atoms with Gasteiger partial charge in [0.15, 0.2) is 23.0 Å². The van der Waals surface area contributed by atoms with E-state index in [0.717, 1.165) is 36.6 Å². The number of nitrogens with zero attached hydrogens (tertiary/aromatic N) is 2. The van der Waals surface area contributed by atoms with Gasteiger partial charge in [-0.1, -0.05) is 31.8 Å². The number of benzene rings is 2. The maximum Gasteiger partial charge on any atom is 0.161 e. The van der Waals surface area contributed by atoms with E-state index in [1.165, 1.54) is 11.1 Å². The van der Waals surface area contributed by atoms with Gasteiger partial charge in [-0.25, -0.2) is 0 Å². The number of rotatable bonds is 8. The minimum absolute atomic E-state index is 0.0780. The van der Waals surface area contributed by atoms with Crippen LogP contribution in [0.25, 0.3) is 0 Å². The molecule has 0 fully saturated rings. The van der Waals surface area contributed by atoms with Crippen molar-refractivity contribution in [3.8, 4) is 40.9 Å². The Morgan fingerprint density at radius 3 is 2.09 bits per heavy atom. The molecule has 0 spiro atoms. The summed E-state index contributed by atoms with van der Waals surface area (Å²) in [5.41, 5.74) is 2.69. The van der Waals surface area contributed by atoms with E-state index in [9.17, 15) is 5.26 Å². The van der Waals surface area contributed by atoms with E-state index in [4.69, 9.17) is 18.9 Å². The summed E-state index contributed by atoms with van der Waals surface area (Å²) in [6.07, 6.45) is 1.39. The van der Waals surface area contributed by atoms with Gasteiger partial charge >= 0.3 is 0 Å². The molecule has 0 saturated heterocycles. The lowest BCUT2D eigenvalue weighted by Gasteiger charge is -2.30. The number of hydrogen-bond donors (Lipinski definition) is 0. The molecule has 34 heavy (non-hydrogen) atoms. The largest absolute Gasteiger partial charge is 0.493 e. The van der Waals surface area contributed by atoms with E-state index in [1.807, 2.05) is 18.2 Å². The SMILES string of the molecule is COc1ccc(C(C#N)(CC#CCN2CCc3cc(OC)c(OC)cc3C2)C(C)C)cc1OC. The average Bonchev–Trinajstić information content (AvgIpc) is 2.87. The van der Waals surface area contributed by atoms with Crippen LogP contribution in [0, 0.1) is 29.1 Å². The van der Waals surface area contributed by atoms with E-state index in [1.54, 1.807) is 28.4 Å². The van der Waals surface area contributed by atoms with Gasteiger partial charge in [-0.15, -0.1) is 0 Å². The lowest BCUT2D eigenvalue weighted by molar-refractivity contribution is 0.283. The molecule has 0 radical (unpaired) electrons. The van der Waals surface area contributed by atoms with Crippen molar-refractivity contribution in [2.75, 3.05) is 41.5 Å². The van der Waals surface area contributed by atoms with Gasteiger partial charge in [0.25, 0.3) is 0 Å². The van der Waals surface area contributed by atoms with Crippen molar-refractivity contribution in [2.24, 2.45) is 5.92 Å². The Labute approximate surface area is 203 Å². The summed E-state index contributed by atoms with van der Waals surface area (Å²) in [6.45, 7) is 6.52. The van der Waals surface area contributed by atoms with E-state index >= 15 is 0 Å². The molecule has 1 aliphatic heterocycles. The van der Waals surface area contributed by atoms with Crippen LogP contribution in [0.2, 0.25) is 0 Å². The molecule has 1 atom stereocenters. The highest BCUT2D eigenvalue weighted by Gasteiger charge is 2.36. The highest BCUT2D eigenvalue weighted by molar-refractivity contribution is 5.49. The second kappa shape index (κ2) is 11.2. The summed E-state index contributed by atoms with van der Waals surface area (Å²) < 4.78 is 21.7. The number of hydrogen-bond acceptors (Lipinski definition) is 6. The number of ether oxygens (including phenoxy) is 4. The van der Waals surface area contributed by atoms with Crippen LogP contribution >= 0.6 is 0 Å². The summed E-state index contributed by atoms with van der Waals surface area (Å²) in [4.78, 5) is 2.32. The smallest absolute Gasteiger partial charge is 0.161 e. The van der Waals surface area contributed by atoms with Crippen molar-refractivity contribution in [1.82, 2.24) is 4.90 Å². The Kier molecular flexibility index (Phi) is 8.31. The van der Waals surface area contributed by atoms with Crippen molar-refractivity contribution in [2.45, 2.75) is 38.6 Å². The van der Waals surface area contributed by atoms with E-state index in [0.29, 0.717) is 24.5 Å². The van der Waals surface area contributed by atoms with E-state index in [-0.39, 0.29) is 5.92 Å². The molecular weight excluding hydrogens is 428 g/mol. The molecule has 1 aliphatic rings. The van der Waals surface area contributed by atoms with Crippen LogP contribution in [0.3, 0.4) is 0 Å². The van der Waals surface area contributed by atoms with E-state index in [2.05, 4.69) is 48.8 Å². The predicted molar refractivity (Wildman–Crippen MR) is 133 cm³/mol. The van der Waals surface area contributed by atoms with Crippen molar-refractivity contribution < 1.29 is 18.9 Å². The minimum atomic E-state index is -0.731. The fraction of sp³-hybridized carbons (Fsp3) is 0.464. The molecular formula is C28H34N2O4. The molecule has 3 rings (SSSR count). The predicted octanol–water partition coefficient (Wildman–Crippen LogP) is 4.59. The molecule has 2 aromatic rings. The molecule has 0 N–H and O–H groups in total. The average molecular weight is 463 g/mol. The molecule has 0 bridgehead atoms. The summed E-state index contributed by atoms with van der Waals surface area (Å²) in [5.74, 6) is 9.48. The zero-order chi connectivity index (χ0) is 24.7. The number of nitriles is 1. The van der Waals surface area contributed by atoms with Gasteiger partial charge in [-0.05, 0) is 53.3 Å². The summed E-state index contributed by atoms with van der Waals surface area (Å²) in [7, 11) is 6.53. The molecule has 0 amide bonds. The van der Waals surface area contributed by atoms with Gasteiger partial charge in [0, 0.05) is 19.5 Å². The minimum Gasteiger partial charge on any atom is -0.493 e. The first kappa shape index (κ1) is 25.3. The van der Waals surface area contributed by atoms with Crippen LogP contribution in [-0.2, 0) is 18.4 Å². The molecule has 180 valence electrons. The Morgan fingerprint density at radius 1 is 0.882 bits per heavy atom. The van der Waals surface area contributed by atoms with Crippen molar-refractivity contribution >= 4 is 0 Å². The van der Waals surface area contributed by atoms with Gasteiger partial charge in [0.1, 0.15) is 0 Å². The topological polar surface area (TPSA) is 64.0 Å². The second-order valence-electron chi connectivity index (χ2n) is 8.77. The lowest BCUT2D eigenvalue weighted by Crippen LogP contribution is -2.31. The molecule has 0 saturated carbocycles. The lowest BCUT2D eigenvalue weighted by atomic mass is 9.70. The second-order valence-corrected chi connectivity index (χ2v) is 8.77. The highest BCUT2D eigenvalue weighted by Crippen LogP contribution is 2.39. The fourth-order valence-electron chi connectivity index (χ4n) is 4.43. The van der Waals surface area contributed by atoms with Gasteiger partial charge in [-0.2, -0.15) is 5.26 Å². The molecule has 1 heterocycles. The Morgan fingerprint density at radius 2 is 1.50 bits per heavy atom. The third-order valence-corrected chi connectivity index (χ3v) is 6.68. The summed E-state index contributed by atoms with van der Waals surface area (Å²) >= 11 is 0. The Balaban J connectivity index is 1.75. The van der Waals surface area contributed by atoms with Crippen LogP contribution in [0.4, 0.5) is 0 Å². The summed E-state index contributed by atoms with van der Waals surface area (Å²) in [6, 6.07) is 12.4. The van der Waals surface area contributed by atoms with Gasteiger partial charge in [0.2, 0.25) is 0 Å². The first-order valence-electron chi connectivity index (χ1n) is 11.5. The molecule has 1 unspecified atom stereocenters. The Hall–Kier alpha value is -3.35. The molecule has 6 nitrogen and oxygen atoms in total. The third kappa shape index (κ3) is 5.08. The first-order chi connectivity index (χ1) is 16.4. The zero-order valence-electron chi connectivity index (χ0n) is 21.0.